The number of hydrogen-bond donors (Lipinski definition) is 3. The van der Waals surface area contributed by atoms with Crippen LogP contribution in [-0.2, 0) is 9.47 Å². The second kappa shape index (κ2) is 4.35. The molecule has 0 saturated carbocycles. The molecule has 2 aliphatic heterocycles. The monoisotopic (exact) mass is 218 g/mol. The number of aliphatic hydroxyl groups excluding tert-OH is 3. The summed E-state index contributed by atoms with van der Waals surface area (Å²) in [6, 6.07) is 0. The van der Waals surface area contributed by atoms with Crippen molar-refractivity contribution >= 4 is 0 Å². The van der Waals surface area contributed by atoms with Crippen molar-refractivity contribution in [3.8, 4) is 0 Å². The smallest absolute Gasteiger partial charge is 0.197 e. The molecule has 0 aromatic carbocycles. The zero-order valence-electron chi connectivity index (χ0n) is 8.63. The lowest BCUT2D eigenvalue weighted by atomic mass is 9.92. The van der Waals surface area contributed by atoms with Crippen LogP contribution in [-0.4, -0.2) is 52.6 Å². The van der Waals surface area contributed by atoms with Gasteiger partial charge in [-0.2, -0.15) is 0 Å². The van der Waals surface area contributed by atoms with Gasteiger partial charge in [-0.1, -0.05) is 0 Å². The maximum atomic E-state index is 9.85. The Morgan fingerprint density at radius 2 is 2.13 bits per heavy atom. The molecule has 0 amide bonds. The first kappa shape index (κ1) is 11.3. The summed E-state index contributed by atoms with van der Waals surface area (Å²) in [5, 5.41) is 28.4. The lowest BCUT2D eigenvalue weighted by Gasteiger charge is -2.43. The molecule has 4 atom stereocenters. The minimum absolute atomic E-state index is 0.0174. The zero-order chi connectivity index (χ0) is 10.9. The highest BCUT2D eigenvalue weighted by Crippen LogP contribution is 2.38. The molecule has 5 heteroatoms. The van der Waals surface area contributed by atoms with E-state index in [1.54, 1.807) is 0 Å². The maximum Gasteiger partial charge on any atom is 0.197 e. The summed E-state index contributed by atoms with van der Waals surface area (Å²) in [5.41, 5.74) is 0. The first-order valence-electron chi connectivity index (χ1n) is 5.47. The predicted molar refractivity (Wildman–Crippen MR) is 51.1 cm³/mol. The Hall–Kier alpha value is -0.200. The van der Waals surface area contributed by atoms with Crippen LogP contribution >= 0.6 is 0 Å². The molecule has 3 unspecified atom stereocenters. The Kier molecular flexibility index (Phi) is 3.27. The standard InChI is InChI=1S/C10H18O5/c11-4-2-7-6-8(12)9(13)10(15-7)3-1-5-14-10/h7-9,11-13H,1-6H2/t7?,8?,9?,10-/m1/s1. The summed E-state index contributed by atoms with van der Waals surface area (Å²) in [4.78, 5) is 0. The molecule has 2 rings (SSSR count). The summed E-state index contributed by atoms with van der Waals surface area (Å²) in [7, 11) is 0. The van der Waals surface area contributed by atoms with E-state index in [0.717, 1.165) is 6.42 Å². The van der Waals surface area contributed by atoms with Crippen LogP contribution in [0.15, 0.2) is 0 Å². The largest absolute Gasteiger partial charge is 0.396 e. The highest BCUT2D eigenvalue weighted by Gasteiger charge is 2.51. The van der Waals surface area contributed by atoms with Crippen molar-refractivity contribution in [3.63, 3.8) is 0 Å². The van der Waals surface area contributed by atoms with Gasteiger partial charge in [0, 0.05) is 19.4 Å². The van der Waals surface area contributed by atoms with Gasteiger partial charge in [0.1, 0.15) is 6.10 Å². The fourth-order valence-corrected chi connectivity index (χ4v) is 2.37. The van der Waals surface area contributed by atoms with Gasteiger partial charge in [0.05, 0.1) is 18.8 Å². The number of aliphatic hydroxyl groups is 3. The van der Waals surface area contributed by atoms with Gasteiger partial charge in [-0.15, -0.1) is 0 Å². The summed E-state index contributed by atoms with van der Waals surface area (Å²) in [6.07, 6.45) is 0.222. The molecule has 0 bridgehead atoms. The first-order valence-corrected chi connectivity index (χ1v) is 5.47. The van der Waals surface area contributed by atoms with Crippen LogP contribution in [0.4, 0.5) is 0 Å². The predicted octanol–water partition coefficient (Wildman–Crippen LogP) is -0.614. The molecular weight excluding hydrogens is 200 g/mol. The van der Waals surface area contributed by atoms with Crippen LogP contribution in [0.25, 0.3) is 0 Å². The second-order valence-electron chi connectivity index (χ2n) is 4.26. The van der Waals surface area contributed by atoms with Gasteiger partial charge in [-0.05, 0) is 12.8 Å². The van der Waals surface area contributed by atoms with Crippen LogP contribution < -0.4 is 0 Å². The van der Waals surface area contributed by atoms with E-state index in [1.165, 1.54) is 0 Å². The third kappa shape index (κ3) is 2.03. The third-order valence-corrected chi connectivity index (χ3v) is 3.15. The molecule has 2 aliphatic rings. The Labute approximate surface area is 88.6 Å². The van der Waals surface area contributed by atoms with Gasteiger partial charge >= 0.3 is 0 Å². The van der Waals surface area contributed by atoms with E-state index < -0.39 is 18.0 Å². The molecule has 1 spiro atoms. The second-order valence-corrected chi connectivity index (χ2v) is 4.26. The summed E-state index contributed by atoms with van der Waals surface area (Å²) in [6.45, 7) is 0.569. The molecule has 2 fully saturated rings. The quantitative estimate of drug-likeness (QED) is 0.576. The maximum absolute atomic E-state index is 9.85. The van der Waals surface area contributed by atoms with Gasteiger partial charge in [0.2, 0.25) is 0 Å². The van der Waals surface area contributed by atoms with Crippen molar-refractivity contribution in [2.75, 3.05) is 13.2 Å². The highest BCUT2D eigenvalue weighted by atomic mass is 16.7. The molecule has 2 heterocycles. The zero-order valence-corrected chi connectivity index (χ0v) is 8.63. The fourth-order valence-electron chi connectivity index (χ4n) is 2.37. The molecular formula is C10H18O5. The van der Waals surface area contributed by atoms with E-state index in [1.807, 2.05) is 0 Å². The molecule has 5 nitrogen and oxygen atoms in total. The molecule has 2 saturated heterocycles. The topological polar surface area (TPSA) is 79.2 Å². The summed E-state index contributed by atoms with van der Waals surface area (Å²) >= 11 is 0. The van der Waals surface area contributed by atoms with Crippen LogP contribution in [0.2, 0.25) is 0 Å². The van der Waals surface area contributed by atoms with E-state index in [0.29, 0.717) is 25.9 Å². The Morgan fingerprint density at radius 3 is 2.73 bits per heavy atom. The average molecular weight is 218 g/mol. The molecule has 0 aromatic rings. The van der Waals surface area contributed by atoms with E-state index in [2.05, 4.69) is 0 Å². The molecule has 0 aromatic heterocycles. The molecule has 3 N–H and O–H groups in total. The SMILES string of the molecule is OCCC1CC(O)C(O)[C@@]2(CCCO2)O1. The van der Waals surface area contributed by atoms with E-state index >= 15 is 0 Å². The summed E-state index contributed by atoms with van der Waals surface area (Å²) in [5.74, 6) is -1.03. The van der Waals surface area contributed by atoms with Gasteiger partial charge in [-0.25, -0.2) is 0 Å². The van der Waals surface area contributed by atoms with Crippen molar-refractivity contribution in [2.24, 2.45) is 0 Å². The van der Waals surface area contributed by atoms with Crippen LogP contribution in [0.5, 0.6) is 0 Å². The fraction of sp³-hybridized carbons (Fsp3) is 1.00. The lowest BCUT2D eigenvalue weighted by molar-refractivity contribution is -0.324. The highest BCUT2D eigenvalue weighted by molar-refractivity contribution is 4.94. The van der Waals surface area contributed by atoms with Crippen molar-refractivity contribution in [1.29, 1.82) is 0 Å². The van der Waals surface area contributed by atoms with Gasteiger partial charge in [0.15, 0.2) is 5.79 Å². The first-order chi connectivity index (χ1) is 7.18. The molecule has 0 aliphatic carbocycles. The van der Waals surface area contributed by atoms with Crippen molar-refractivity contribution < 1.29 is 24.8 Å². The minimum Gasteiger partial charge on any atom is -0.396 e. The van der Waals surface area contributed by atoms with Crippen molar-refractivity contribution in [3.05, 3.63) is 0 Å². The van der Waals surface area contributed by atoms with Gasteiger partial charge in [0.25, 0.3) is 0 Å². The minimum atomic E-state index is -1.03. The van der Waals surface area contributed by atoms with E-state index in [-0.39, 0.29) is 12.7 Å². The number of rotatable bonds is 2. The number of hydrogen-bond acceptors (Lipinski definition) is 5. The van der Waals surface area contributed by atoms with Crippen molar-refractivity contribution in [1.82, 2.24) is 0 Å². The average Bonchev–Trinajstić information content (AvgIpc) is 2.64. The Morgan fingerprint density at radius 1 is 1.33 bits per heavy atom. The van der Waals surface area contributed by atoms with Crippen LogP contribution in [0.3, 0.4) is 0 Å². The molecule has 0 radical (unpaired) electrons. The Bertz CT molecular complexity index is 214. The van der Waals surface area contributed by atoms with Crippen LogP contribution in [0.1, 0.15) is 25.7 Å². The Balaban J connectivity index is 2.07. The third-order valence-electron chi connectivity index (χ3n) is 3.15. The van der Waals surface area contributed by atoms with E-state index in [9.17, 15) is 10.2 Å². The van der Waals surface area contributed by atoms with Crippen molar-refractivity contribution in [2.45, 2.75) is 49.8 Å². The van der Waals surface area contributed by atoms with Gasteiger partial charge < -0.3 is 24.8 Å². The van der Waals surface area contributed by atoms with E-state index in [4.69, 9.17) is 14.6 Å². The normalized spacial score (nSPS) is 46.2. The molecule has 15 heavy (non-hydrogen) atoms. The van der Waals surface area contributed by atoms with Crippen LogP contribution in [0, 0.1) is 0 Å². The lowest BCUT2D eigenvalue weighted by Crippen LogP contribution is -2.57. The van der Waals surface area contributed by atoms with Gasteiger partial charge in [-0.3, -0.25) is 0 Å². The molecule has 88 valence electrons. The summed E-state index contributed by atoms with van der Waals surface area (Å²) < 4.78 is 11.1. The number of ether oxygens (including phenoxy) is 2.